The van der Waals surface area contributed by atoms with Crippen LogP contribution in [0.2, 0.25) is 0 Å². The number of amides is 1. The van der Waals surface area contributed by atoms with Crippen molar-refractivity contribution in [2.24, 2.45) is 17.3 Å². The van der Waals surface area contributed by atoms with E-state index in [1.54, 1.807) is 11.8 Å². The maximum absolute atomic E-state index is 12.0. The van der Waals surface area contributed by atoms with Gasteiger partial charge in [-0.2, -0.15) is 11.8 Å². The molecule has 1 N–H and O–H groups in total. The fourth-order valence-corrected chi connectivity index (χ4v) is 4.77. The first-order chi connectivity index (χ1) is 10.7. The Morgan fingerprint density at radius 1 is 1.23 bits per heavy atom. The van der Waals surface area contributed by atoms with Crippen LogP contribution in [0.5, 0.6) is 0 Å². The number of hydrogen-bond donors (Lipinski definition) is 1. The Balaban J connectivity index is 1.55. The third kappa shape index (κ3) is 3.62. The molecule has 2 heterocycles. The summed E-state index contributed by atoms with van der Waals surface area (Å²) in [5.74, 6) is 2.22. The Bertz CT molecular complexity index is 392. The molecule has 126 valence electrons. The molecule has 0 bridgehead atoms. The van der Waals surface area contributed by atoms with Gasteiger partial charge < -0.3 is 14.9 Å². The van der Waals surface area contributed by atoms with E-state index in [4.69, 9.17) is 0 Å². The highest BCUT2D eigenvalue weighted by atomic mass is 32.2. The van der Waals surface area contributed by atoms with Crippen LogP contribution in [0, 0.1) is 17.3 Å². The fraction of sp³-hybridized carbons (Fsp3) is 0.941. The minimum Gasteiger partial charge on any atom is -0.396 e. The number of aliphatic hydroxyl groups is 1. The molecule has 0 aromatic heterocycles. The number of hydrogen-bond acceptors (Lipinski definition) is 4. The number of thioether (sulfide) groups is 1. The van der Waals surface area contributed by atoms with Crippen molar-refractivity contribution in [3.63, 3.8) is 0 Å². The average molecular weight is 327 g/mol. The minimum atomic E-state index is 0.283. The summed E-state index contributed by atoms with van der Waals surface area (Å²) in [4.78, 5) is 16.7. The van der Waals surface area contributed by atoms with Crippen molar-refractivity contribution >= 4 is 17.7 Å². The molecule has 3 fully saturated rings. The van der Waals surface area contributed by atoms with Gasteiger partial charge in [-0.15, -0.1) is 0 Å². The average Bonchev–Trinajstić information content (AvgIpc) is 3.34. The summed E-state index contributed by atoms with van der Waals surface area (Å²) in [6.07, 6.45) is 8.15. The summed E-state index contributed by atoms with van der Waals surface area (Å²) >= 11 is 1.61. The lowest BCUT2D eigenvalue weighted by molar-refractivity contribution is -0.132. The maximum atomic E-state index is 12.0. The van der Waals surface area contributed by atoms with E-state index >= 15 is 0 Å². The highest BCUT2D eigenvalue weighted by Gasteiger charge is 2.45. The quantitative estimate of drug-likeness (QED) is 0.835. The smallest absolute Gasteiger partial charge is 0.232 e. The Morgan fingerprint density at radius 3 is 2.50 bits per heavy atom. The van der Waals surface area contributed by atoms with E-state index in [0.717, 1.165) is 38.4 Å². The number of aliphatic hydroxyl groups excluding tert-OH is 1. The van der Waals surface area contributed by atoms with E-state index in [9.17, 15) is 9.90 Å². The maximum Gasteiger partial charge on any atom is 0.232 e. The molecule has 2 saturated heterocycles. The molecule has 5 heteroatoms. The Kier molecular flexibility index (Phi) is 5.35. The summed E-state index contributed by atoms with van der Waals surface area (Å²) in [7, 11) is 0. The molecule has 0 aromatic rings. The molecule has 2 aliphatic heterocycles. The molecule has 0 unspecified atom stereocenters. The van der Waals surface area contributed by atoms with Gasteiger partial charge in [-0.25, -0.2) is 0 Å². The molecule has 1 aliphatic carbocycles. The zero-order chi connectivity index (χ0) is 15.6. The molecule has 1 spiro atoms. The number of likely N-dealkylation sites (tertiary alicyclic amines) is 2. The largest absolute Gasteiger partial charge is 0.396 e. The van der Waals surface area contributed by atoms with Gasteiger partial charge in [-0.1, -0.05) is 0 Å². The third-order valence-electron chi connectivity index (χ3n) is 6.08. The van der Waals surface area contributed by atoms with Crippen molar-refractivity contribution in [2.75, 3.05) is 51.3 Å². The fourth-order valence-electron chi connectivity index (χ4n) is 4.34. The standard InChI is InChI=1S/C17H30N2O2S/c1-22-13-16(21)19-8-5-17(6-9-19)4-7-18(10-14-2-3-14)11-15(17)12-20/h14-15,20H,2-13H2,1H3/t15-/m0/s1. The van der Waals surface area contributed by atoms with Crippen molar-refractivity contribution in [3.05, 3.63) is 0 Å². The van der Waals surface area contributed by atoms with E-state index < -0.39 is 0 Å². The Labute approximate surface area is 138 Å². The number of piperidine rings is 2. The molecule has 1 atom stereocenters. The van der Waals surface area contributed by atoms with Crippen molar-refractivity contribution in [1.82, 2.24) is 9.80 Å². The second kappa shape index (κ2) is 7.10. The second-order valence-electron chi connectivity index (χ2n) is 7.51. The highest BCUT2D eigenvalue weighted by molar-refractivity contribution is 7.99. The van der Waals surface area contributed by atoms with E-state index in [-0.39, 0.29) is 11.3 Å². The Morgan fingerprint density at radius 2 is 1.91 bits per heavy atom. The van der Waals surface area contributed by atoms with Gasteiger partial charge in [0.15, 0.2) is 0 Å². The molecule has 22 heavy (non-hydrogen) atoms. The first kappa shape index (κ1) is 16.6. The molecule has 4 nitrogen and oxygen atoms in total. The lowest BCUT2D eigenvalue weighted by atomic mass is 9.64. The monoisotopic (exact) mass is 326 g/mol. The van der Waals surface area contributed by atoms with E-state index in [1.165, 1.54) is 32.4 Å². The predicted molar refractivity (Wildman–Crippen MR) is 91.0 cm³/mol. The first-order valence-corrected chi connectivity index (χ1v) is 10.2. The van der Waals surface area contributed by atoms with Crippen LogP contribution >= 0.6 is 11.8 Å². The van der Waals surface area contributed by atoms with Crippen LogP contribution in [0.3, 0.4) is 0 Å². The summed E-state index contributed by atoms with van der Waals surface area (Å²) < 4.78 is 0. The second-order valence-corrected chi connectivity index (χ2v) is 8.37. The van der Waals surface area contributed by atoms with Gasteiger partial charge in [0.05, 0.1) is 5.75 Å². The lowest BCUT2D eigenvalue weighted by Crippen LogP contribution is -2.54. The molecule has 1 saturated carbocycles. The van der Waals surface area contributed by atoms with E-state index in [1.807, 2.05) is 11.2 Å². The summed E-state index contributed by atoms with van der Waals surface area (Å²) in [5.41, 5.74) is 0.283. The van der Waals surface area contributed by atoms with E-state index in [0.29, 0.717) is 18.3 Å². The summed E-state index contributed by atoms with van der Waals surface area (Å²) in [5, 5.41) is 9.92. The number of carbonyl (C=O) groups is 1. The molecular weight excluding hydrogens is 296 g/mol. The van der Waals surface area contributed by atoms with E-state index in [2.05, 4.69) is 4.90 Å². The normalized spacial score (nSPS) is 29.0. The van der Waals surface area contributed by atoms with Crippen LogP contribution in [0.25, 0.3) is 0 Å². The molecule has 1 amide bonds. The van der Waals surface area contributed by atoms with Crippen molar-refractivity contribution in [3.8, 4) is 0 Å². The van der Waals surface area contributed by atoms with Gasteiger partial charge in [0.25, 0.3) is 0 Å². The molecular formula is C17H30N2O2S. The zero-order valence-electron chi connectivity index (χ0n) is 13.8. The van der Waals surface area contributed by atoms with Gasteiger partial charge >= 0.3 is 0 Å². The third-order valence-corrected chi connectivity index (χ3v) is 6.62. The van der Waals surface area contributed by atoms with Crippen LogP contribution in [-0.2, 0) is 4.79 Å². The SMILES string of the molecule is CSCC(=O)N1CCC2(CCN(CC3CC3)C[C@H]2CO)CC1. The zero-order valence-corrected chi connectivity index (χ0v) is 14.6. The van der Waals surface area contributed by atoms with Crippen LogP contribution in [0.1, 0.15) is 32.1 Å². The summed E-state index contributed by atoms with van der Waals surface area (Å²) in [6.45, 7) is 5.57. The van der Waals surface area contributed by atoms with Crippen LogP contribution in [0.15, 0.2) is 0 Å². The molecule has 3 aliphatic rings. The van der Waals surface area contributed by atoms with Gasteiger partial charge in [0, 0.05) is 38.7 Å². The van der Waals surface area contributed by atoms with Crippen molar-refractivity contribution < 1.29 is 9.90 Å². The van der Waals surface area contributed by atoms with Gasteiger partial charge in [-0.3, -0.25) is 4.79 Å². The molecule has 0 aromatic carbocycles. The van der Waals surface area contributed by atoms with Crippen LogP contribution < -0.4 is 0 Å². The van der Waals surface area contributed by atoms with Gasteiger partial charge in [0.1, 0.15) is 0 Å². The van der Waals surface area contributed by atoms with Gasteiger partial charge in [-0.05, 0) is 56.2 Å². The van der Waals surface area contributed by atoms with Crippen molar-refractivity contribution in [1.29, 1.82) is 0 Å². The predicted octanol–water partition coefficient (Wildman–Crippen LogP) is 1.68. The molecule has 0 radical (unpaired) electrons. The highest BCUT2D eigenvalue weighted by Crippen LogP contribution is 2.45. The first-order valence-electron chi connectivity index (χ1n) is 8.77. The Hall–Kier alpha value is -0.260. The topological polar surface area (TPSA) is 43.8 Å². The number of rotatable bonds is 5. The number of carbonyl (C=O) groups excluding carboxylic acids is 1. The molecule has 3 rings (SSSR count). The minimum absolute atomic E-state index is 0.283. The lowest BCUT2D eigenvalue weighted by Gasteiger charge is -2.51. The van der Waals surface area contributed by atoms with Crippen molar-refractivity contribution in [2.45, 2.75) is 32.1 Å². The van der Waals surface area contributed by atoms with Crippen LogP contribution in [0.4, 0.5) is 0 Å². The van der Waals surface area contributed by atoms with Crippen LogP contribution in [-0.4, -0.2) is 72.2 Å². The van der Waals surface area contributed by atoms with Gasteiger partial charge in [0.2, 0.25) is 5.91 Å². The number of nitrogens with zero attached hydrogens (tertiary/aromatic N) is 2. The summed E-state index contributed by atoms with van der Waals surface area (Å²) in [6, 6.07) is 0.